The number of benzene rings is 1. The second-order valence-corrected chi connectivity index (χ2v) is 8.98. The molecule has 2 rings (SSSR count). The summed E-state index contributed by atoms with van der Waals surface area (Å²) in [6.07, 6.45) is 6.48. The van der Waals surface area contributed by atoms with Crippen LogP contribution in [0.4, 0.5) is 5.69 Å². The molecular weight excluding hydrogens is 328 g/mol. The largest absolute Gasteiger partial charge is 0.397 e. The van der Waals surface area contributed by atoms with Crippen molar-refractivity contribution in [2.24, 2.45) is 0 Å². The van der Waals surface area contributed by atoms with Gasteiger partial charge in [-0.15, -0.1) is 0 Å². The summed E-state index contributed by atoms with van der Waals surface area (Å²) in [7, 11) is -3.56. The van der Waals surface area contributed by atoms with Gasteiger partial charge in [0.15, 0.2) is 0 Å². The Bertz CT molecular complexity index is 603. The zero-order valence-corrected chi connectivity index (χ0v) is 14.7. The molecule has 0 radical (unpaired) electrons. The molecule has 0 heterocycles. The van der Waals surface area contributed by atoms with E-state index in [1.165, 1.54) is 6.07 Å². The van der Waals surface area contributed by atoms with Crippen LogP contribution in [0.3, 0.4) is 0 Å². The summed E-state index contributed by atoms with van der Waals surface area (Å²) < 4.78 is 27.7. The molecule has 21 heavy (non-hydrogen) atoms. The van der Waals surface area contributed by atoms with Crippen molar-refractivity contribution < 1.29 is 8.42 Å². The molecule has 1 aromatic rings. The quantitative estimate of drug-likeness (QED) is 0.801. The van der Waals surface area contributed by atoms with Gasteiger partial charge in [0.05, 0.1) is 15.6 Å². The molecule has 1 saturated carbocycles. The molecule has 4 nitrogen and oxygen atoms in total. The van der Waals surface area contributed by atoms with E-state index < -0.39 is 10.0 Å². The fourth-order valence-corrected chi connectivity index (χ4v) is 5.06. The van der Waals surface area contributed by atoms with Crippen LogP contribution in [0.1, 0.15) is 31.2 Å². The lowest BCUT2D eigenvalue weighted by Gasteiger charge is -2.26. The fourth-order valence-electron chi connectivity index (χ4n) is 2.70. The first kappa shape index (κ1) is 16.9. The van der Waals surface area contributed by atoms with Crippen LogP contribution >= 0.6 is 23.4 Å². The van der Waals surface area contributed by atoms with Gasteiger partial charge in [-0.05, 0) is 43.7 Å². The highest BCUT2D eigenvalue weighted by atomic mass is 35.5. The minimum Gasteiger partial charge on any atom is -0.397 e. The van der Waals surface area contributed by atoms with E-state index in [0.717, 1.165) is 25.7 Å². The number of nitrogens with two attached hydrogens (primary N) is 1. The summed E-state index contributed by atoms with van der Waals surface area (Å²) in [4.78, 5) is 0.177. The van der Waals surface area contributed by atoms with Crippen molar-refractivity contribution in [3.63, 3.8) is 0 Å². The number of hydrogen-bond donors (Lipinski definition) is 2. The van der Waals surface area contributed by atoms with Gasteiger partial charge in [0.25, 0.3) is 0 Å². The first-order chi connectivity index (χ1) is 9.80. The van der Waals surface area contributed by atoms with Crippen molar-refractivity contribution in [2.45, 2.75) is 42.2 Å². The van der Waals surface area contributed by atoms with Gasteiger partial charge in [0.2, 0.25) is 10.0 Å². The SMILES string of the molecule is CSC1(CNS(=O)(=O)c2cc(C)c(Cl)c(N)c2)CCCC1. The minimum atomic E-state index is -3.56. The average molecular weight is 349 g/mol. The van der Waals surface area contributed by atoms with E-state index in [9.17, 15) is 8.42 Å². The van der Waals surface area contributed by atoms with Gasteiger partial charge >= 0.3 is 0 Å². The van der Waals surface area contributed by atoms with E-state index in [0.29, 0.717) is 17.1 Å². The van der Waals surface area contributed by atoms with Crippen LogP contribution < -0.4 is 10.5 Å². The molecule has 0 amide bonds. The van der Waals surface area contributed by atoms with E-state index in [1.54, 1.807) is 24.8 Å². The number of hydrogen-bond acceptors (Lipinski definition) is 4. The Morgan fingerprint density at radius 1 is 1.38 bits per heavy atom. The number of sulfonamides is 1. The van der Waals surface area contributed by atoms with E-state index in [-0.39, 0.29) is 15.3 Å². The van der Waals surface area contributed by atoms with E-state index in [4.69, 9.17) is 17.3 Å². The Kier molecular flexibility index (Phi) is 5.13. The average Bonchev–Trinajstić information content (AvgIpc) is 2.92. The van der Waals surface area contributed by atoms with Gasteiger partial charge < -0.3 is 5.73 Å². The summed E-state index contributed by atoms with van der Waals surface area (Å²) in [5.41, 5.74) is 6.71. The third kappa shape index (κ3) is 3.67. The third-order valence-corrected chi connectivity index (χ3v) is 7.41. The topological polar surface area (TPSA) is 72.2 Å². The highest BCUT2D eigenvalue weighted by Crippen LogP contribution is 2.39. The molecule has 3 N–H and O–H groups in total. The normalized spacial score (nSPS) is 18.0. The van der Waals surface area contributed by atoms with Gasteiger partial charge in [-0.3, -0.25) is 0 Å². The number of aryl methyl sites for hydroxylation is 1. The van der Waals surface area contributed by atoms with Crippen LogP contribution in [-0.4, -0.2) is 26.0 Å². The molecule has 0 aliphatic heterocycles. The van der Waals surface area contributed by atoms with Crippen molar-refractivity contribution in [1.29, 1.82) is 0 Å². The maximum Gasteiger partial charge on any atom is 0.240 e. The first-order valence-electron chi connectivity index (χ1n) is 6.90. The molecule has 1 aliphatic carbocycles. The zero-order chi connectivity index (χ0) is 15.7. The van der Waals surface area contributed by atoms with Gasteiger partial charge in [0.1, 0.15) is 0 Å². The second-order valence-electron chi connectivity index (χ2n) is 5.56. The first-order valence-corrected chi connectivity index (χ1v) is 9.99. The number of nitrogen functional groups attached to an aromatic ring is 1. The highest BCUT2D eigenvalue weighted by molar-refractivity contribution is 8.00. The Labute approximate surface area is 135 Å². The van der Waals surface area contributed by atoms with Gasteiger partial charge in [-0.25, -0.2) is 13.1 Å². The summed E-state index contributed by atoms with van der Waals surface area (Å²) >= 11 is 7.73. The third-order valence-electron chi connectivity index (χ3n) is 4.10. The van der Waals surface area contributed by atoms with Crippen molar-refractivity contribution in [3.05, 3.63) is 22.7 Å². The fraction of sp³-hybridized carbons (Fsp3) is 0.571. The van der Waals surface area contributed by atoms with Crippen LogP contribution in [0.25, 0.3) is 0 Å². The molecule has 1 aromatic carbocycles. The Morgan fingerprint density at radius 2 is 2.00 bits per heavy atom. The molecule has 7 heteroatoms. The molecule has 0 spiro atoms. The zero-order valence-electron chi connectivity index (χ0n) is 12.3. The Balaban J connectivity index is 2.19. The molecule has 118 valence electrons. The predicted octanol–water partition coefficient (Wildman–Crippen LogP) is 3.18. The smallest absolute Gasteiger partial charge is 0.240 e. The summed E-state index contributed by atoms with van der Waals surface area (Å²) in [6.45, 7) is 2.20. The molecule has 1 aliphatic rings. The second kappa shape index (κ2) is 6.36. The van der Waals surface area contributed by atoms with Gasteiger partial charge in [0, 0.05) is 11.3 Å². The molecule has 0 unspecified atom stereocenters. The maximum absolute atomic E-state index is 12.4. The Morgan fingerprint density at radius 3 is 2.52 bits per heavy atom. The van der Waals surface area contributed by atoms with Crippen LogP contribution in [0.15, 0.2) is 17.0 Å². The lowest BCUT2D eigenvalue weighted by Crippen LogP contribution is -2.38. The lowest BCUT2D eigenvalue weighted by molar-refractivity contribution is 0.551. The monoisotopic (exact) mass is 348 g/mol. The van der Waals surface area contributed by atoms with Crippen molar-refractivity contribution in [2.75, 3.05) is 18.5 Å². The number of halogens is 1. The van der Waals surface area contributed by atoms with Crippen LogP contribution in [-0.2, 0) is 10.0 Å². The maximum atomic E-state index is 12.4. The van der Waals surface area contributed by atoms with Crippen molar-refractivity contribution in [3.8, 4) is 0 Å². The Hall–Kier alpha value is -0.430. The molecule has 0 bridgehead atoms. The molecular formula is C14H21ClN2O2S2. The number of anilines is 1. The minimum absolute atomic E-state index is 0.0279. The van der Waals surface area contributed by atoms with Crippen LogP contribution in [0.2, 0.25) is 5.02 Å². The van der Waals surface area contributed by atoms with E-state index in [2.05, 4.69) is 4.72 Å². The van der Waals surface area contributed by atoms with Crippen molar-refractivity contribution in [1.82, 2.24) is 4.72 Å². The molecule has 0 saturated heterocycles. The lowest BCUT2D eigenvalue weighted by atomic mass is 10.1. The molecule has 0 aromatic heterocycles. The number of nitrogens with one attached hydrogen (secondary N) is 1. The molecule has 0 atom stereocenters. The molecule has 1 fully saturated rings. The number of thioether (sulfide) groups is 1. The van der Waals surface area contributed by atoms with E-state index in [1.807, 2.05) is 6.26 Å². The van der Waals surface area contributed by atoms with E-state index >= 15 is 0 Å². The number of rotatable bonds is 5. The predicted molar refractivity (Wildman–Crippen MR) is 90.5 cm³/mol. The van der Waals surface area contributed by atoms with Crippen LogP contribution in [0.5, 0.6) is 0 Å². The summed E-state index contributed by atoms with van der Waals surface area (Å²) in [5, 5.41) is 0.408. The summed E-state index contributed by atoms with van der Waals surface area (Å²) in [6, 6.07) is 2.97. The van der Waals surface area contributed by atoms with Crippen molar-refractivity contribution >= 4 is 39.1 Å². The van der Waals surface area contributed by atoms with Gasteiger partial charge in [-0.2, -0.15) is 11.8 Å². The highest BCUT2D eigenvalue weighted by Gasteiger charge is 2.34. The summed E-state index contributed by atoms with van der Waals surface area (Å²) in [5.74, 6) is 0. The van der Waals surface area contributed by atoms with Gasteiger partial charge in [-0.1, -0.05) is 24.4 Å². The standard InChI is InChI=1S/C14H21ClN2O2S2/c1-10-7-11(8-12(16)13(10)15)21(18,19)17-9-14(20-2)5-3-4-6-14/h7-8,17H,3-6,9,16H2,1-2H3. The van der Waals surface area contributed by atoms with Crippen LogP contribution in [0, 0.1) is 6.92 Å².